The van der Waals surface area contributed by atoms with Crippen LogP contribution < -0.4 is 15.4 Å². The first-order valence-electron chi connectivity index (χ1n) is 9.28. The smallest absolute Gasteiger partial charge is 0.219 e. The number of halogens is 1. The van der Waals surface area contributed by atoms with Gasteiger partial charge in [-0.25, -0.2) is 0 Å². The molecule has 0 aromatic heterocycles. The molecule has 1 aliphatic rings. The Labute approximate surface area is 166 Å². The molecule has 1 saturated heterocycles. The first-order chi connectivity index (χ1) is 13.0. The van der Waals surface area contributed by atoms with Gasteiger partial charge in [0.2, 0.25) is 5.91 Å². The number of carbonyl (C=O) groups is 1. The zero-order chi connectivity index (χ0) is 19.6. The van der Waals surface area contributed by atoms with Crippen LogP contribution in [0.1, 0.15) is 12.5 Å². The van der Waals surface area contributed by atoms with Crippen molar-refractivity contribution in [2.45, 2.75) is 13.3 Å². The van der Waals surface area contributed by atoms with Crippen LogP contribution in [-0.2, 0) is 11.2 Å². The third-order valence-electron chi connectivity index (χ3n) is 4.71. The average molecular weight is 396 g/mol. The normalized spacial score (nSPS) is 15.6. The zero-order valence-corrected chi connectivity index (χ0v) is 17.2. The fourth-order valence-corrected chi connectivity index (χ4v) is 3.28. The molecule has 1 aliphatic heterocycles. The molecule has 2 N–H and O–H groups in total. The van der Waals surface area contributed by atoms with Gasteiger partial charge in [-0.2, -0.15) is 0 Å². The van der Waals surface area contributed by atoms with Gasteiger partial charge < -0.3 is 20.3 Å². The minimum absolute atomic E-state index is 0.161. The Morgan fingerprint density at radius 1 is 1.22 bits per heavy atom. The summed E-state index contributed by atoms with van der Waals surface area (Å²) < 4.78 is 5.17. The predicted molar refractivity (Wildman–Crippen MR) is 110 cm³/mol. The van der Waals surface area contributed by atoms with Gasteiger partial charge in [-0.15, -0.1) is 0 Å². The number of carbonyl (C=O) groups excluding carboxylic acids is 1. The predicted octanol–water partition coefficient (Wildman–Crippen LogP) is 1.22. The summed E-state index contributed by atoms with van der Waals surface area (Å²) >= 11 is 6.27. The van der Waals surface area contributed by atoms with Gasteiger partial charge in [-0.3, -0.25) is 14.7 Å². The zero-order valence-electron chi connectivity index (χ0n) is 16.4. The SMILES string of the molecule is CN=C(NCCc1ccc(OC)cc1Cl)NCCN1CCN(C(C)=O)CC1. The fourth-order valence-electron chi connectivity index (χ4n) is 3.01. The lowest BCUT2D eigenvalue weighted by Gasteiger charge is -2.34. The second-order valence-electron chi connectivity index (χ2n) is 6.48. The van der Waals surface area contributed by atoms with E-state index in [9.17, 15) is 4.79 Å². The van der Waals surface area contributed by atoms with Crippen molar-refractivity contribution in [1.29, 1.82) is 0 Å². The van der Waals surface area contributed by atoms with Crippen LogP contribution in [0.5, 0.6) is 5.75 Å². The first kappa shape index (κ1) is 21.3. The summed E-state index contributed by atoms with van der Waals surface area (Å²) in [5.74, 6) is 1.70. The lowest BCUT2D eigenvalue weighted by atomic mass is 10.1. The number of hydrogen-bond donors (Lipinski definition) is 2. The fraction of sp³-hybridized carbons (Fsp3) is 0.579. The van der Waals surface area contributed by atoms with E-state index in [1.54, 1.807) is 21.1 Å². The van der Waals surface area contributed by atoms with Gasteiger partial charge in [0.05, 0.1) is 7.11 Å². The van der Waals surface area contributed by atoms with Crippen LogP contribution in [0.25, 0.3) is 0 Å². The van der Waals surface area contributed by atoms with Gasteiger partial charge in [0.1, 0.15) is 5.75 Å². The Morgan fingerprint density at radius 3 is 2.52 bits per heavy atom. The quantitative estimate of drug-likeness (QED) is 0.536. The average Bonchev–Trinajstić information content (AvgIpc) is 2.68. The van der Waals surface area contributed by atoms with Crippen molar-refractivity contribution in [1.82, 2.24) is 20.4 Å². The largest absolute Gasteiger partial charge is 0.497 e. The van der Waals surface area contributed by atoms with Crippen molar-refractivity contribution in [3.05, 3.63) is 28.8 Å². The molecule has 1 aromatic rings. The highest BCUT2D eigenvalue weighted by atomic mass is 35.5. The Kier molecular flexibility index (Phi) is 8.67. The number of amides is 1. The molecule has 7 nitrogen and oxygen atoms in total. The number of nitrogens with one attached hydrogen (secondary N) is 2. The second-order valence-corrected chi connectivity index (χ2v) is 6.89. The summed E-state index contributed by atoms with van der Waals surface area (Å²) in [5, 5.41) is 7.36. The third kappa shape index (κ3) is 6.92. The van der Waals surface area contributed by atoms with E-state index in [4.69, 9.17) is 16.3 Å². The third-order valence-corrected chi connectivity index (χ3v) is 5.06. The highest BCUT2D eigenvalue weighted by molar-refractivity contribution is 6.31. The standard InChI is InChI=1S/C19H30ClN5O2/c1-15(26)25-12-10-24(11-13-25)9-8-23-19(21-2)22-7-6-16-4-5-17(27-3)14-18(16)20/h4-5,14H,6-13H2,1-3H3,(H2,21,22,23). The molecule has 1 aromatic carbocycles. The molecule has 0 atom stereocenters. The summed E-state index contributed by atoms with van der Waals surface area (Å²) in [6.07, 6.45) is 0.802. The molecule has 1 fully saturated rings. The van der Waals surface area contributed by atoms with Crippen molar-refractivity contribution < 1.29 is 9.53 Å². The molecule has 8 heteroatoms. The van der Waals surface area contributed by atoms with E-state index in [1.807, 2.05) is 23.1 Å². The maximum Gasteiger partial charge on any atom is 0.219 e. The lowest BCUT2D eigenvalue weighted by molar-refractivity contribution is -0.130. The number of rotatable bonds is 7. The van der Waals surface area contributed by atoms with Crippen LogP contribution in [-0.4, -0.2) is 81.6 Å². The van der Waals surface area contributed by atoms with Crippen LogP contribution in [0, 0.1) is 0 Å². The van der Waals surface area contributed by atoms with Gasteiger partial charge in [0, 0.05) is 64.8 Å². The van der Waals surface area contributed by atoms with Gasteiger partial charge in [0.15, 0.2) is 5.96 Å². The van der Waals surface area contributed by atoms with E-state index in [-0.39, 0.29) is 5.91 Å². The highest BCUT2D eigenvalue weighted by Gasteiger charge is 2.17. The van der Waals surface area contributed by atoms with Crippen molar-refractivity contribution in [3.63, 3.8) is 0 Å². The topological polar surface area (TPSA) is 69.2 Å². The maximum absolute atomic E-state index is 11.4. The Balaban J connectivity index is 1.65. The number of benzene rings is 1. The second kappa shape index (κ2) is 11.0. The van der Waals surface area contributed by atoms with E-state index >= 15 is 0 Å². The van der Waals surface area contributed by atoms with Crippen LogP contribution in [0.4, 0.5) is 0 Å². The van der Waals surface area contributed by atoms with Crippen molar-refractivity contribution in [2.75, 3.05) is 60.0 Å². The number of ether oxygens (including phenoxy) is 1. The molecule has 27 heavy (non-hydrogen) atoms. The van der Waals surface area contributed by atoms with Crippen molar-refractivity contribution >= 4 is 23.5 Å². The summed E-state index contributed by atoms with van der Waals surface area (Å²) in [4.78, 5) is 19.9. The maximum atomic E-state index is 11.4. The monoisotopic (exact) mass is 395 g/mol. The van der Waals surface area contributed by atoms with Crippen LogP contribution in [0.2, 0.25) is 5.02 Å². The van der Waals surface area contributed by atoms with Crippen molar-refractivity contribution in [2.24, 2.45) is 4.99 Å². The molecule has 1 heterocycles. The molecule has 2 rings (SSSR count). The lowest BCUT2D eigenvalue weighted by Crippen LogP contribution is -2.50. The summed E-state index contributed by atoms with van der Waals surface area (Å²) in [5.41, 5.74) is 1.07. The number of methoxy groups -OCH3 is 1. The van der Waals surface area contributed by atoms with E-state index in [0.717, 1.165) is 69.5 Å². The van der Waals surface area contributed by atoms with E-state index < -0.39 is 0 Å². The minimum Gasteiger partial charge on any atom is -0.497 e. The molecule has 0 spiro atoms. The number of guanidine groups is 1. The van der Waals surface area contributed by atoms with Crippen molar-refractivity contribution in [3.8, 4) is 5.75 Å². The minimum atomic E-state index is 0.161. The van der Waals surface area contributed by atoms with Gasteiger partial charge in [-0.05, 0) is 24.1 Å². The summed E-state index contributed by atoms with van der Waals surface area (Å²) in [6, 6.07) is 5.73. The molecule has 0 radical (unpaired) electrons. The number of aliphatic imine (C=N–C) groups is 1. The van der Waals surface area contributed by atoms with Crippen LogP contribution in [0.3, 0.4) is 0 Å². The molecular weight excluding hydrogens is 366 g/mol. The Morgan fingerprint density at radius 2 is 1.93 bits per heavy atom. The molecular formula is C19H30ClN5O2. The van der Waals surface area contributed by atoms with Gasteiger partial charge in [0.25, 0.3) is 0 Å². The highest BCUT2D eigenvalue weighted by Crippen LogP contribution is 2.22. The van der Waals surface area contributed by atoms with Crippen LogP contribution in [0.15, 0.2) is 23.2 Å². The number of piperazine rings is 1. The van der Waals surface area contributed by atoms with Gasteiger partial charge >= 0.3 is 0 Å². The first-order valence-corrected chi connectivity index (χ1v) is 9.66. The molecule has 0 bridgehead atoms. The molecule has 0 saturated carbocycles. The van der Waals surface area contributed by atoms with E-state index in [0.29, 0.717) is 5.02 Å². The van der Waals surface area contributed by atoms with Crippen LogP contribution >= 0.6 is 11.6 Å². The van der Waals surface area contributed by atoms with E-state index in [1.165, 1.54) is 0 Å². The van der Waals surface area contributed by atoms with E-state index in [2.05, 4.69) is 20.5 Å². The van der Waals surface area contributed by atoms with Gasteiger partial charge in [-0.1, -0.05) is 17.7 Å². The number of nitrogens with zero attached hydrogens (tertiary/aromatic N) is 3. The molecule has 0 aliphatic carbocycles. The molecule has 150 valence electrons. The Bertz CT molecular complexity index is 645. The summed E-state index contributed by atoms with van der Waals surface area (Å²) in [6.45, 7) is 7.57. The molecule has 1 amide bonds. The number of hydrogen-bond acceptors (Lipinski definition) is 4. The Hall–Kier alpha value is -1.99. The summed E-state index contributed by atoms with van der Waals surface area (Å²) in [7, 11) is 3.40. The molecule has 0 unspecified atom stereocenters.